The van der Waals surface area contributed by atoms with Crippen molar-refractivity contribution in [3.63, 3.8) is 0 Å². The molecule has 0 spiro atoms. The summed E-state index contributed by atoms with van der Waals surface area (Å²) in [6, 6.07) is 5.09. The molecule has 0 radical (unpaired) electrons. The van der Waals surface area contributed by atoms with Gasteiger partial charge in [-0.3, -0.25) is 4.79 Å². The standard InChI is InChI=1S/C17H17F3N2OS/c1-11-22-14(10-24-11)5-8-21-15(23)16(6-7-16)12-3-2-4-13(9-12)17(18,19)20/h2-4,9-10H,5-8H2,1H3,(H,21,23). The fourth-order valence-corrected chi connectivity index (χ4v) is 3.41. The van der Waals surface area contributed by atoms with Crippen molar-refractivity contribution in [2.45, 2.75) is 37.8 Å². The van der Waals surface area contributed by atoms with Crippen LogP contribution in [0, 0.1) is 6.92 Å². The van der Waals surface area contributed by atoms with Crippen molar-refractivity contribution in [3.05, 3.63) is 51.5 Å². The molecular formula is C17H17F3N2OS. The van der Waals surface area contributed by atoms with Crippen molar-refractivity contribution in [2.24, 2.45) is 0 Å². The summed E-state index contributed by atoms with van der Waals surface area (Å²) in [5, 5.41) is 5.76. The third-order valence-electron chi connectivity index (χ3n) is 4.26. The lowest BCUT2D eigenvalue weighted by Gasteiger charge is -2.17. The number of aryl methyl sites for hydroxylation is 1. The van der Waals surface area contributed by atoms with Crippen LogP contribution in [-0.2, 0) is 22.8 Å². The minimum atomic E-state index is -4.40. The van der Waals surface area contributed by atoms with Gasteiger partial charge < -0.3 is 5.32 Å². The Labute approximate surface area is 141 Å². The van der Waals surface area contributed by atoms with Crippen LogP contribution in [0.3, 0.4) is 0 Å². The van der Waals surface area contributed by atoms with E-state index in [0.717, 1.165) is 22.8 Å². The highest BCUT2D eigenvalue weighted by molar-refractivity contribution is 7.09. The number of hydrogen-bond acceptors (Lipinski definition) is 3. The van der Waals surface area contributed by atoms with E-state index < -0.39 is 17.2 Å². The molecule has 3 rings (SSSR count). The summed E-state index contributed by atoms with van der Waals surface area (Å²) in [5.74, 6) is -0.200. The number of aromatic nitrogens is 1. The minimum absolute atomic E-state index is 0.200. The zero-order valence-electron chi connectivity index (χ0n) is 13.1. The highest BCUT2D eigenvalue weighted by atomic mass is 32.1. The quantitative estimate of drug-likeness (QED) is 0.886. The van der Waals surface area contributed by atoms with Crippen LogP contribution in [-0.4, -0.2) is 17.4 Å². The number of nitrogens with one attached hydrogen (secondary N) is 1. The van der Waals surface area contributed by atoms with E-state index in [9.17, 15) is 18.0 Å². The molecule has 1 aliphatic carbocycles. The Bertz CT molecular complexity index is 750. The van der Waals surface area contributed by atoms with Crippen LogP contribution in [0.5, 0.6) is 0 Å². The predicted molar refractivity (Wildman–Crippen MR) is 85.9 cm³/mol. The second-order valence-corrected chi connectivity index (χ2v) is 7.09. The molecule has 1 aromatic carbocycles. The van der Waals surface area contributed by atoms with Gasteiger partial charge in [0.15, 0.2) is 0 Å². The van der Waals surface area contributed by atoms with E-state index in [0.29, 0.717) is 31.4 Å². The van der Waals surface area contributed by atoms with Crippen LogP contribution < -0.4 is 5.32 Å². The Hall–Kier alpha value is -1.89. The van der Waals surface area contributed by atoms with Crippen LogP contribution >= 0.6 is 11.3 Å². The number of thiazole rings is 1. The molecule has 24 heavy (non-hydrogen) atoms. The Morgan fingerprint density at radius 3 is 2.71 bits per heavy atom. The Balaban J connectivity index is 1.66. The lowest BCUT2D eigenvalue weighted by molar-refractivity contribution is -0.137. The van der Waals surface area contributed by atoms with Crippen LogP contribution in [0.4, 0.5) is 13.2 Å². The normalized spacial score (nSPS) is 16.0. The van der Waals surface area contributed by atoms with Crippen LogP contribution in [0.1, 0.15) is 34.7 Å². The molecule has 0 unspecified atom stereocenters. The van der Waals surface area contributed by atoms with Gasteiger partial charge in [-0.2, -0.15) is 13.2 Å². The van der Waals surface area contributed by atoms with Crippen LogP contribution in [0.25, 0.3) is 0 Å². The number of alkyl halides is 3. The van der Waals surface area contributed by atoms with Gasteiger partial charge in [-0.15, -0.1) is 11.3 Å². The summed E-state index contributed by atoms with van der Waals surface area (Å²) in [4.78, 5) is 16.8. The molecule has 0 aliphatic heterocycles. The molecular weight excluding hydrogens is 337 g/mol. The third-order valence-corrected chi connectivity index (χ3v) is 5.08. The smallest absolute Gasteiger partial charge is 0.355 e. The second kappa shape index (κ2) is 6.20. The van der Waals surface area contributed by atoms with Crippen molar-refractivity contribution in [1.82, 2.24) is 10.3 Å². The number of nitrogens with zero attached hydrogens (tertiary/aromatic N) is 1. The van der Waals surface area contributed by atoms with Crippen LogP contribution in [0.2, 0.25) is 0 Å². The summed E-state index contributed by atoms with van der Waals surface area (Å²) in [5.41, 5.74) is -0.155. The van der Waals surface area contributed by atoms with Crippen molar-refractivity contribution in [3.8, 4) is 0 Å². The van der Waals surface area contributed by atoms with E-state index >= 15 is 0 Å². The molecule has 128 valence electrons. The maximum atomic E-state index is 12.9. The first-order valence-corrected chi connectivity index (χ1v) is 8.56. The molecule has 2 aromatic rings. The number of carbonyl (C=O) groups is 1. The Morgan fingerprint density at radius 1 is 1.38 bits per heavy atom. The monoisotopic (exact) mass is 354 g/mol. The molecule has 1 saturated carbocycles. The van der Waals surface area contributed by atoms with Crippen LogP contribution in [0.15, 0.2) is 29.6 Å². The average molecular weight is 354 g/mol. The van der Waals surface area contributed by atoms with Gasteiger partial charge in [-0.05, 0) is 31.4 Å². The van der Waals surface area contributed by atoms with E-state index in [1.165, 1.54) is 6.07 Å². The van der Waals surface area contributed by atoms with Gasteiger partial charge in [0.2, 0.25) is 5.91 Å². The lowest BCUT2D eigenvalue weighted by atomic mass is 9.93. The molecule has 0 saturated heterocycles. The van der Waals surface area contributed by atoms with E-state index in [4.69, 9.17) is 0 Å². The number of benzene rings is 1. The van der Waals surface area contributed by atoms with Gasteiger partial charge in [0.1, 0.15) is 0 Å². The molecule has 1 fully saturated rings. The molecule has 3 nitrogen and oxygen atoms in total. The lowest BCUT2D eigenvalue weighted by Crippen LogP contribution is -2.36. The van der Waals surface area contributed by atoms with E-state index in [1.807, 2.05) is 12.3 Å². The fourth-order valence-electron chi connectivity index (χ4n) is 2.76. The maximum absolute atomic E-state index is 12.9. The first-order chi connectivity index (χ1) is 11.3. The van der Waals surface area contributed by atoms with E-state index in [-0.39, 0.29) is 5.91 Å². The van der Waals surface area contributed by atoms with Crippen molar-refractivity contribution < 1.29 is 18.0 Å². The van der Waals surface area contributed by atoms with Crippen molar-refractivity contribution >= 4 is 17.2 Å². The summed E-state index contributed by atoms with van der Waals surface area (Å²) in [6.45, 7) is 2.35. The second-order valence-electron chi connectivity index (χ2n) is 6.02. The molecule has 1 heterocycles. The van der Waals surface area contributed by atoms with Gasteiger partial charge in [0.25, 0.3) is 0 Å². The number of hydrogen-bond donors (Lipinski definition) is 1. The van der Waals surface area contributed by atoms with Crippen molar-refractivity contribution in [1.29, 1.82) is 0 Å². The fraction of sp³-hybridized carbons (Fsp3) is 0.412. The van der Waals surface area contributed by atoms with Gasteiger partial charge in [0.05, 0.1) is 21.7 Å². The molecule has 7 heteroatoms. The maximum Gasteiger partial charge on any atom is 0.416 e. The predicted octanol–water partition coefficient (Wildman–Crippen LogP) is 3.86. The number of rotatable bonds is 5. The molecule has 0 bridgehead atoms. The SMILES string of the molecule is Cc1nc(CCNC(=O)C2(c3cccc(C(F)(F)F)c3)CC2)cs1. The summed E-state index contributed by atoms with van der Waals surface area (Å²) < 4.78 is 38.6. The molecule has 1 amide bonds. The summed E-state index contributed by atoms with van der Waals surface area (Å²) in [7, 11) is 0. The number of halogens is 3. The number of amides is 1. The third kappa shape index (κ3) is 3.45. The van der Waals surface area contributed by atoms with Gasteiger partial charge >= 0.3 is 6.18 Å². The zero-order valence-corrected chi connectivity index (χ0v) is 13.9. The average Bonchev–Trinajstić information content (AvgIpc) is 3.25. The van der Waals surface area contributed by atoms with Gasteiger partial charge in [-0.25, -0.2) is 4.98 Å². The minimum Gasteiger partial charge on any atom is -0.355 e. The molecule has 0 atom stereocenters. The first-order valence-electron chi connectivity index (χ1n) is 7.68. The van der Waals surface area contributed by atoms with Gasteiger partial charge in [-0.1, -0.05) is 18.2 Å². The largest absolute Gasteiger partial charge is 0.416 e. The Morgan fingerprint density at radius 2 is 2.12 bits per heavy atom. The van der Waals surface area contributed by atoms with Gasteiger partial charge in [0, 0.05) is 18.3 Å². The Kier molecular flexibility index (Phi) is 4.38. The molecule has 1 N–H and O–H groups in total. The summed E-state index contributed by atoms with van der Waals surface area (Å²) >= 11 is 1.55. The van der Waals surface area contributed by atoms with E-state index in [2.05, 4.69) is 10.3 Å². The molecule has 1 aromatic heterocycles. The number of carbonyl (C=O) groups excluding carboxylic acids is 1. The highest BCUT2D eigenvalue weighted by Crippen LogP contribution is 2.49. The first kappa shape index (κ1) is 17.0. The van der Waals surface area contributed by atoms with E-state index in [1.54, 1.807) is 17.4 Å². The zero-order chi connectivity index (χ0) is 17.4. The van der Waals surface area contributed by atoms with Crippen molar-refractivity contribution in [2.75, 3.05) is 6.54 Å². The molecule has 1 aliphatic rings. The summed E-state index contributed by atoms with van der Waals surface area (Å²) in [6.07, 6.45) is -2.62. The highest BCUT2D eigenvalue weighted by Gasteiger charge is 2.51. The topological polar surface area (TPSA) is 42.0 Å².